The molecule has 1 N–H and O–H groups in total. The van der Waals surface area contributed by atoms with Crippen molar-refractivity contribution >= 4 is 52.5 Å². The molecule has 0 aliphatic rings. The predicted octanol–water partition coefficient (Wildman–Crippen LogP) is 5.99. The topological polar surface area (TPSA) is 71.3 Å². The lowest BCUT2D eigenvalue weighted by Gasteiger charge is -2.15. The van der Waals surface area contributed by atoms with Crippen molar-refractivity contribution in [3.8, 4) is 17.6 Å². The van der Waals surface area contributed by atoms with Gasteiger partial charge in [0, 0.05) is 0 Å². The van der Waals surface area contributed by atoms with Gasteiger partial charge >= 0.3 is 0 Å². The number of amides is 1. The van der Waals surface area contributed by atoms with Crippen molar-refractivity contribution in [3.63, 3.8) is 0 Å². The Morgan fingerprint density at radius 2 is 1.93 bits per heavy atom. The van der Waals surface area contributed by atoms with Crippen molar-refractivity contribution in [2.75, 3.05) is 12.4 Å². The van der Waals surface area contributed by atoms with Gasteiger partial charge < -0.3 is 14.8 Å². The third kappa shape index (κ3) is 5.32. The van der Waals surface area contributed by atoms with Crippen molar-refractivity contribution in [1.82, 2.24) is 0 Å². The highest BCUT2D eigenvalue weighted by Crippen LogP contribution is 2.37. The third-order valence-electron chi connectivity index (χ3n) is 3.48. The van der Waals surface area contributed by atoms with Crippen molar-refractivity contribution in [1.29, 1.82) is 5.26 Å². The molecule has 0 bridgehead atoms. The van der Waals surface area contributed by atoms with Crippen LogP contribution in [0.1, 0.15) is 19.4 Å². The summed E-state index contributed by atoms with van der Waals surface area (Å²) in [6.45, 7) is 3.73. The van der Waals surface area contributed by atoms with Gasteiger partial charge in [0.05, 0.1) is 34.0 Å². The number of rotatable bonds is 6. The van der Waals surface area contributed by atoms with Crippen LogP contribution in [0, 0.1) is 11.3 Å². The molecule has 28 heavy (non-hydrogen) atoms. The molecule has 0 heterocycles. The van der Waals surface area contributed by atoms with Crippen LogP contribution in [0.5, 0.6) is 11.5 Å². The van der Waals surface area contributed by atoms with E-state index < -0.39 is 5.91 Å². The van der Waals surface area contributed by atoms with Gasteiger partial charge in [-0.3, -0.25) is 4.79 Å². The van der Waals surface area contributed by atoms with Crippen LogP contribution < -0.4 is 14.8 Å². The highest BCUT2D eigenvalue weighted by atomic mass is 35.5. The fourth-order valence-electron chi connectivity index (χ4n) is 2.28. The minimum Gasteiger partial charge on any atom is -0.493 e. The molecule has 2 aromatic rings. The second-order valence-electron chi connectivity index (χ2n) is 5.93. The van der Waals surface area contributed by atoms with E-state index in [1.165, 1.54) is 13.2 Å². The van der Waals surface area contributed by atoms with Gasteiger partial charge in [0.25, 0.3) is 5.91 Å². The minimum absolute atomic E-state index is 0.101. The van der Waals surface area contributed by atoms with Gasteiger partial charge in [-0.25, -0.2) is 0 Å². The summed E-state index contributed by atoms with van der Waals surface area (Å²) in [5.41, 5.74) is 0.658. The van der Waals surface area contributed by atoms with Gasteiger partial charge in [0.15, 0.2) is 11.5 Å². The maximum atomic E-state index is 12.5. The lowest BCUT2D eigenvalue weighted by Crippen LogP contribution is -2.13. The van der Waals surface area contributed by atoms with Gasteiger partial charge in [0.1, 0.15) is 11.6 Å². The Bertz CT molecular complexity index is 966. The van der Waals surface area contributed by atoms with Gasteiger partial charge in [-0.1, -0.05) is 40.9 Å². The number of halogens is 3. The molecule has 0 radical (unpaired) electrons. The van der Waals surface area contributed by atoms with Crippen LogP contribution in [-0.2, 0) is 4.79 Å². The molecule has 0 spiro atoms. The SMILES string of the molecule is COc1cc(/C=C(\C#N)C(=O)Nc2cccc(Cl)c2Cl)cc(Cl)c1OC(C)C. The number of carbonyl (C=O) groups is 1. The fourth-order valence-corrected chi connectivity index (χ4v) is 2.89. The van der Waals surface area contributed by atoms with E-state index in [1.807, 2.05) is 19.9 Å². The van der Waals surface area contributed by atoms with E-state index in [0.29, 0.717) is 32.8 Å². The highest BCUT2D eigenvalue weighted by molar-refractivity contribution is 6.44. The number of methoxy groups -OCH3 is 1. The highest BCUT2D eigenvalue weighted by Gasteiger charge is 2.16. The third-order valence-corrected chi connectivity index (χ3v) is 4.58. The molecule has 0 fully saturated rings. The van der Waals surface area contributed by atoms with Crippen LogP contribution in [-0.4, -0.2) is 19.1 Å². The van der Waals surface area contributed by atoms with Crippen molar-refractivity contribution in [3.05, 3.63) is 56.5 Å². The molecule has 8 heteroatoms. The molecule has 2 rings (SSSR count). The standard InChI is InChI=1S/C20H17Cl3N2O3/c1-11(2)28-19-15(22)8-12(9-17(19)27-3)7-13(10-24)20(26)25-16-6-4-5-14(21)18(16)23/h4-9,11H,1-3H3,(H,25,26)/b13-7+. The van der Waals surface area contributed by atoms with Crippen molar-refractivity contribution < 1.29 is 14.3 Å². The Labute approximate surface area is 178 Å². The second kappa shape index (κ2) is 9.70. The summed E-state index contributed by atoms with van der Waals surface area (Å²) < 4.78 is 11.0. The number of hydrogen-bond donors (Lipinski definition) is 1. The summed E-state index contributed by atoms with van der Waals surface area (Å²) in [6.07, 6.45) is 1.29. The van der Waals surface area contributed by atoms with E-state index in [0.717, 1.165) is 0 Å². The number of hydrogen-bond acceptors (Lipinski definition) is 4. The van der Waals surface area contributed by atoms with Gasteiger partial charge in [-0.05, 0) is 49.8 Å². The van der Waals surface area contributed by atoms with E-state index in [1.54, 1.807) is 30.3 Å². The molecule has 5 nitrogen and oxygen atoms in total. The molecule has 0 atom stereocenters. The van der Waals surface area contributed by atoms with Crippen molar-refractivity contribution in [2.45, 2.75) is 20.0 Å². The average Bonchev–Trinajstić information content (AvgIpc) is 2.64. The zero-order chi connectivity index (χ0) is 20.8. The number of benzene rings is 2. The quantitative estimate of drug-likeness (QED) is 0.443. The molecule has 0 saturated heterocycles. The summed E-state index contributed by atoms with van der Waals surface area (Å²) in [6, 6.07) is 9.89. The first-order chi connectivity index (χ1) is 13.3. The van der Waals surface area contributed by atoms with E-state index in [-0.39, 0.29) is 16.7 Å². The molecule has 0 saturated carbocycles. The number of nitrogens with one attached hydrogen (secondary N) is 1. The van der Waals surface area contributed by atoms with E-state index in [4.69, 9.17) is 44.3 Å². The molecule has 0 aromatic heterocycles. The monoisotopic (exact) mass is 438 g/mol. The smallest absolute Gasteiger partial charge is 0.266 e. The Hall–Kier alpha value is -2.39. The largest absolute Gasteiger partial charge is 0.493 e. The number of nitriles is 1. The molecule has 0 aliphatic carbocycles. The average molecular weight is 440 g/mol. The van der Waals surface area contributed by atoms with E-state index in [2.05, 4.69) is 5.32 Å². The molecule has 0 unspecified atom stereocenters. The second-order valence-corrected chi connectivity index (χ2v) is 7.12. The first kappa shape index (κ1) is 21.9. The lowest BCUT2D eigenvalue weighted by molar-refractivity contribution is -0.112. The summed E-state index contributed by atoms with van der Waals surface area (Å²) in [4.78, 5) is 12.5. The first-order valence-corrected chi connectivity index (χ1v) is 9.31. The van der Waals surface area contributed by atoms with Gasteiger partial charge in [-0.2, -0.15) is 5.26 Å². The zero-order valence-electron chi connectivity index (χ0n) is 15.3. The minimum atomic E-state index is -0.635. The molecular formula is C20H17Cl3N2O3. The Morgan fingerprint density at radius 1 is 1.21 bits per heavy atom. The van der Waals surface area contributed by atoms with Crippen LogP contribution in [0.2, 0.25) is 15.1 Å². The van der Waals surface area contributed by atoms with E-state index >= 15 is 0 Å². The molecule has 1 amide bonds. The van der Waals surface area contributed by atoms with Crippen LogP contribution in [0.15, 0.2) is 35.9 Å². The molecule has 146 valence electrons. The Morgan fingerprint density at radius 3 is 2.54 bits per heavy atom. The summed E-state index contributed by atoms with van der Waals surface area (Å²) in [7, 11) is 1.48. The molecule has 0 aliphatic heterocycles. The maximum absolute atomic E-state index is 12.5. The van der Waals surface area contributed by atoms with Crippen LogP contribution >= 0.6 is 34.8 Å². The number of anilines is 1. The normalized spacial score (nSPS) is 11.1. The lowest BCUT2D eigenvalue weighted by atomic mass is 10.1. The van der Waals surface area contributed by atoms with Crippen LogP contribution in [0.4, 0.5) is 5.69 Å². The summed E-state index contributed by atoms with van der Waals surface area (Å²) in [5.74, 6) is 0.150. The molecule has 2 aromatic carbocycles. The number of ether oxygens (including phenoxy) is 2. The van der Waals surface area contributed by atoms with Crippen molar-refractivity contribution in [2.24, 2.45) is 0 Å². The molecular weight excluding hydrogens is 423 g/mol. The Kier molecular flexibility index (Phi) is 7.59. The van der Waals surface area contributed by atoms with E-state index in [9.17, 15) is 10.1 Å². The summed E-state index contributed by atoms with van der Waals surface area (Å²) in [5, 5.41) is 12.8. The zero-order valence-corrected chi connectivity index (χ0v) is 17.6. The maximum Gasteiger partial charge on any atom is 0.266 e. The fraction of sp³-hybridized carbons (Fsp3) is 0.200. The number of carbonyl (C=O) groups excluding carboxylic acids is 1. The Balaban J connectivity index is 2.36. The van der Waals surface area contributed by atoms with Gasteiger partial charge in [-0.15, -0.1) is 0 Å². The summed E-state index contributed by atoms with van der Waals surface area (Å²) >= 11 is 18.3. The predicted molar refractivity (Wildman–Crippen MR) is 112 cm³/mol. The van der Waals surface area contributed by atoms with Crippen LogP contribution in [0.3, 0.4) is 0 Å². The first-order valence-electron chi connectivity index (χ1n) is 8.18. The van der Waals surface area contributed by atoms with Crippen LogP contribution in [0.25, 0.3) is 6.08 Å². The van der Waals surface area contributed by atoms with Gasteiger partial charge in [0.2, 0.25) is 0 Å². The number of nitrogens with zero attached hydrogens (tertiary/aromatic N) is 1.